The van der Waals surface area contributed by atoms with Crippen LogP contribution in [0.4, 0.5) is 4.39 Å². The zero-order valence-corrected chi connectivity index (χ0v) is 10.6. The lowest BCUT2D eigenvalue weighted by Gasteiger charge is -2.15. The number of carbonyl (C=O) groups is 1. The third-order valence-corrected chi connectivity index (χ3v) is 2.76. The second-order valence-electron chi connectivity index (χ2n) is 4.24. The topological polar surface area (TPSA) is 55.1 Å². The number of amides is 1. The molecule has 1 aromatic rings. The van der Waals surface area contributed by atoms with E-state index in [-0.39, 0.29) is 16.8 Å². The molecule has 0 heterocycles. The van der Waals surface area contributed by atoms with Crippen LogP contribution in [0.3, 0.4) is 0 Å². The van der Waals surface area contributed by atoms with Crippen molar-refractivity contribution in [3.63, 3.8) is 0 Å². The van der Waals surface area contributed by atoms with Crippen molar-refractivity contribution in [1.29, 1.82) is 0 Å². The molecule has 0 aliphatic rings. The molecule has 17 heavy (non-hydrogen) atoms. The van der Waals surface area contributed by atoms with E-state index in [2.05, 4.69) is 5.32 Å². The maximum absolute atomic E-state index is 12.9. The highest BCUT2D eigenvalue weighted by molar-refractivity contribution is 6.30. The van der Waals surface area contributed by atoms with Crippen molar-refractivity contribution in [2.24, 2.45) is 11.7 Å². The van der Waals surface area contributed by atoms with Crippen LogP contribution in [-0.4, -0.2) is 11.9 Å². The smallest absolute Gasteiger partial charge is 0.237 e. The maximum atomic E-state index is 12.9. The van der Waals surface area contributed by atoms with Gasteiger partial charge in [0.2, 0.25) is 5.91 Å². The summed E-state index contributed by atoms with van der Waals surface area (Å²) in [5.74, 6) is -0.618. The zero-order chi connectivity index (χ0) is 13.0. The second kappa shape index (κ2) is 5.98. The molecule has 1 atom stereocenters. The number of rotatable bonds is 4. The van der Waals surface area contributed by atoms with Crippen LogP contribution in [0.5, 0.6) is 0 Å². The van der Waals surface area contributed by atoms with Crippen LogP contribution in [0.15, 0.2) is 18.2 Å². The first-order valence-electron chi connectivity index (χ1n) is 5.39. The van der Waals surface area contributed by atoms with Crippen LogP contribution in [0.25, 0.3) is 0 Å². The fourth-order valence-electron chi connectivity index (χ4n) is 1.26. The molecule has 0 spiro atoms. The van der Waals surface area contributed by atoms with Gasteiger partial charge in [0, 0.05) is 6.54 Å². The van der Waals surface area contributed by atoms with E-state index < -0.39 is 11.9 Å². The molecule has 1 rings (SSSR count). The van der Waals surface area contributed by atoms with E-state index >= 15 is 0 Å². The normalized spacial score (nSPS) is 12.6. The summed E-state index contributed by atoms with van der Waals surface area (Å²) >= 11 is 5.63. The molecular formula is C12H16ClFN2O. The Hall–Kier alpha value is -1.13. The number of nitrogens with two attached hydrogens (primary N) is 1. The van der Waals surface area contributed by atoms with Gasteiger partial charge in [0.15, 0.2) is 0 Å². The van der Waals surface area contributed by atoms with Gasteiger partial charge in [-0.15, -0.1) is 0 Å². The van der Waals surface area contributed by atoms with Gasteiger partial charge in [-0.25, -0.2) is 4.39 Å². The van der Waals surface area contributed by atoms with Crippen molar-refractivity contribution in [2.75, 3.05) is 0 Å². The lowest BCUT2D eigenvalue weighted by molar-refractivity contribution is -0.123. The van der Waals surface area contributed by atoms with Crippen molar-refractivity contribution in [3.8, 4) is 0 Å². The fraction of sp³-hybridized carbons (Fsp3) is 0.417. The average Bonchev–Trinajstić information content (AvgIpc) is 2.29. The highest BCUT2D eigenvalue weighted by Gasteiger charge is 2.16. The highest BCUT2D eigenvalue weighted by atomic mass is 35.5. The van der Waals surface area contributed by atoms with Crippen LogP contribution in [0.1, 0.15) is 19.4 Å². The molecule has 0 saturated carbocycles. The SMILES string of the molecule is CC(C)[C@@H](N)C(=O)NCc1ccc(F)c(Cl)c1. The van der Waals surface area contributed by atoms with Gasteiger partial charge in [-0.2, -0.15) is 0 Å². The van der Waals surface area contributed by atoms with Crippen LogP contribution in [0, 0.1) is 11.7 Å². The van der Waals surface area contributed by atoms with Gasteiger partial charge >= 0.3 is 0 Å². The molecule has 1 aromatic carbocycles. The maximum Gasteiger partial charge on any atom is 0.237 e. The fourth-order valence-corrected chi connectivity index (χ4v) is 1.46. The first-order valence-corrected chi connectivity index (χ1v) is 5.77. The Kier molecular flexibility index (Phi) is 4.90. The molecule has 0 fully saturated rings. The molecule has 0 aliphatic carbocycles. The van der Waals surface area contributed by atoms with Gasteiger partial charge in [0.05, 0.1) is 11.1 Å². The van der Waals surface area contributed by atoms with Gasteiger partial charge in [0.1, 0.15) is 5.82 Å². The Morgan fingerprint density at radius 2 is 2.18 bits per heavy atom. The third-order valence-electron chi connectivity index (χ3n) is 2.47. The summed E-state index contributed by atoms with van der Waals surface area (Å²) in [6, 6.07) is 3.79. The number of hydrogen-bond donors (Lipinski definition) is 2. The lowest BCUT2D eigenvalue weighted by atomic mass is 10.0. The quantitative estimate of drug-likeness (QED) is 0.869. The Morgan fingerprint density at radius 3 is 2.71 bits per heavy atom. The van der Waals surface area contributed by atoms with Crippen LogP contribution >= 0.6 is 11.6 Å². The van der Waals surface area contributed by atoms with Crippen LogP contribution < -0.4 is 11.1 Å². The molecule has 0 radical (unpaired) electrons. The third kappa shape index (κ3) is 3.98. The summed E-state index contributed by atoms with van der Waals surface area (Å²) in [7, 11) is 0. The van der Waals surface area contributed by atoms with Gasteiger partial charge in [-0.1, -0.05) is 31.5 Å². The van der Waals surface area contributed by atoms with Gasteiger partial charge < -0.3 is 11.1 Å². The van der Waals surface area contributed by atoms with Gasteiger partial charge in [-0.05, 0) is 23.6 Å². The molecule has 0 unspecified atom stereocenters. The average molecular weight is 259 g/mol. The lowest BCUT2D eigenvalue weighted by Crippen LogP contribution is -2.43. The van der Waals surface area contributed by atoms with Gasteiger partial charge in [0.25, 0.3) is 0 Å². The largest absolute Gasteiger partial charge is 0.351 e. The van der Waals surface area contributed by atoms with E-state index in [1.54, 1.807) is 6.07 Å². The molecule has 3 nitrogen and oxygen atoms in total. The standard InChI is InChI=1S/C12H16ClFN2O/c1-7(2)11(15)12(17)16-6-8-3-4-10(14)9(13)5-8/h3-5,7,11H,6,15H2,1-2H3,(H,16,17)/t11-/m1/s1. The molecule has 0 saturated heterocycles. The number of halogens is 2. The predicted molar refractivity (Wildman–Crippen MR) is 66.1 cm³/mol. The molecular weight excluding hydrogens is 243 g/mol. The minimum atomic E-state index is -0.536. The minimum absolute atomic E-state index is 0.0462. The number of benzene rings is 1. The molecule has 5 heteroatoms. The Labute approximate surface area is 105 Å². The van der Waals surface area contributed by atoms with E-state index in [9.17, 15) is 9.18 Å². The molecule has 0 aliphatic heterocycles. The minimum Gasteiger partial charge on any atom is -0.351 e. The molecule has 3 N–H and O–H groups in total. The van der Waals surface area contributed by atoms with Crippen molar-refractivity contribution in [2.45, 2.75) is 26.4 Å². The molecule has 0 bridgehead atoms. The van der Waals surface area contributed by atoms with Crippen LogP contribution in [-0.2, 0) is 11.3 Å². The van der Waals surface area contributed by atoms with Crippen molar-refractivity contribution < 1.29 is 9.18 Å². The molecule has 0 aromatic heterocycles. The Morgan fingerprint density at radius 1 is 1.53 bits per heavy atom. The van der Waals surface area contributed by atoms with E-state index in [0.29, 0.717) is 6.54 Å². The van der Waals surface area contributed by atoms with Crippen LogP contribution in [0.2, 0.25) is 5.02 Å². The van der Waals surface area contributed by atoms with Crippen molar-refractivity contribution >= 4 is 17.5 Å². The van der Waals surface area contributed by atoms with E-state index in [1.807, 2.05) is 13.8 Å². The zero-order valence-electron chi connectivity index (χ0n) is 9.84. The number of carbonyl (C=O) groups excluding carboxylic acids is 1. The van der Waals surface area contributed by atoms with E-state index in [1.165, 1.54) is 12.1 Å². The second-order valence-corrected chi connectivity index (χ2v) is 4.64. The first-order chi connectivity index (χ1) is 7.91. The first kappa shape index (κ1) is 13.9. The van der Waals surface area contributed by atoms with E-state index in [4.69, 9.17) is 17.3 Å². The number of nitrogens with one attached hydrogen (secondary N) is 1. The molecule has 1 amide bonds. The monoisotopic (exact) mass is 258 g/mol. The Bertz CT molecular complexity index is 409. The highest BCUT2D eigenvalue weighted by Crippen LogP contribution is 2.15. The summed E-state index contributed by atoms with van der Waals surface area (Å²) in [5.41, 5.74) is 6.42. The Balaban J connectivity index is 2.56. The summed E-state index contributed by atoms with van der Waals surface area (Å²) in [6.07, 6.45) is 0. The summed E-state index contributed by atoms with van der Waals surface area (Å²) in [5, 5.41) is 2.73. The summed E-state index contributed by atoms with van der Waals surface area (Å²) in [6.45, 7) is 4.04. The number of hydrogen-bond acceptors (Lipinski definition) is 2. The summed E-state index contributed by atoms with van der Waals surface area (Å²) < 4.78 is 12.9. The van der Waals surface area contributed by atoms with Crippen molar-refractivity contribution in [1.82, 2.24) is 5.32 Å². The summed E-state index contributed by atoms with van der Waals surface area (Å²) in [4.78, 5) is 11.6. The van der Waals surface area contributed by atoms with E-state index in [0.717, 1.165) is 5.56 Å². The molecule has 94 valence electrons. The predicted octanol–water partition coefficient (Wildman–Crippen LogP) is 2.08. The van der Waals surface area contributed by atoms with Gasteiger partial charge in [-0.3, -0.25) is 4.79 Å². The van der Waals surface area contributed by atoms with Crippen molar-refractivity contribution in [3.05, 3.63) is 34.6 Å².